The summed E-state index contributed by atoms with van der Waals surface area (Å²) in [5.74, 6) is 0.671. The van der Waals surface area contributed by atoms with E-state index in [1.54, 1.807) is 13.8 Å². The van der Waals surface area contributed by atoms with E-state index in [0.717, 1.165) is 0 Å². The summed E-state index contributed by atoms with van der Waals surface area (Å²) in [7, 11) is 0. The van der Waals surface area contributed by atoms with Crippen molar-refractivity contribution in [3.05, 3.63) is 36.0 Å². The van der Waals surface area contributed by atoms with Gasteiger partial charge in [0.15, 0.2) is 12.4 Å². The van der Waals surface area contributed by atoms with Gasteiger partial charge in [0, 0.05) is 11.8 Å². The molecule has 2 aromatic rings. The third-order valence-electron chi connectivity index (χ3n) is 2.76. The molecule has 0 saturated carbocycles. The number of amides is 2. The van der Waals surface area contributed by atoms with Crippen molar-refractivity contribution in [2.45, 2.75) is 26.1 Å². The number of hydrogen-bond acceptors (Lipinski definition) is 5. The summed E-state index contributed by atoms with van der Waals surface area (Å²) >= 11 is 0. The summed E-state index contributed by atoms with van der Waals surface area (Å²) in [4.78, 5) is 15.9. The van der Waals surface area contributed by atoms with Crippen LogP contribution in [0.25, 0.3) is 0 Å². The number of alkyl halides is 3. The Hall–Kier alpha value is -2.78. The molecule has 0 spiro atoms. The molecule has 0 radical (unpaired) electrons. The highest BCUT2D eigenvalue weighted by atomic mass is 19.4. The van der Waals surface area contributed by atoms with Crippen LogP contribution >= 0.6 is 0 Å². The van der Waals surface area contributed by atoms with E-state index in [9.17, 15) is 18.0 Å². The Morgan fingerprint density at radius 2 is 2.17 bits per heavy atom. The lowest BCUT2D eigenvalue weighted by molar-refractivity contribution is -0.153. The molecule has 1 atom stereocenters. The molecule has 0 saturated heterocycles. The number of anilines is 1. The quantitative estimate of drug-likeness (QED) is 0.869. The summed E-state index contributed by atoms with van der Waals surface area (Å²) in [6.07, 6.45) is -4.43. The second-order valence-electron chi connectivity index (χ2n) is 4.93. The predicted octanol–water partition coefficient (Wildman–Crippen LogP) is 3.20. The fourth-order valence-electron chi connectivity index (χ4n) is 1.74. The highest BCUT2D eigenvalue weighted by molar-refractivity contribution is 5.89. The van der Waals surface area contributed by atoms with Crippen molar-refractivity contribution < 1.29 is 27.2 Å². The molecule has 1 heterocycles. The highest BCUT2D eigenvalue weighted by Crippen LogP contribution is 2.21. The minimum atomic E-state index is -4.43. The number of carbonyl (C=O) groups is 1. The van der Waals surface area contributed by atoms with Gasteiger partial charge >= 0.3 is 12.2 Å². The van der Waals surface area contributed by atoms with E-state index >= 15 is 0 Å². The van der Waals surface area contributed by atoms with Crippen LogP contribution in [0.2, 0.25) is 0 Å². The molecule has 10 heteroatoms. The number of nitrogens with one attached hydrogen (secondary N) is 2. The summed E-state index contributed by atoms with van der Waals surface area (Å²) in [6, 6.07) is 4.52. The molecule has 2 amide bonds. The average molecular weight is 344 g/mol. The van der Waals surface area contributed by atoms with E-state index in [2.05, 4.69) is 25.5 Å². The van der Waals surface area contributed by atoms with Crippen molar-refractivity contribution in [3.8, 4) is 5.75 Å². The molecule has 1 aromatic carbocycles. The van der Waals surface area contributed by atoms with Gasteiger partial charge in [-0.2, -0.15) is 18.2 Å². The standard InChI is InChI=1S/C14H15F3N4O3/c1-8(12-19-9(2)21-24-12)18-13(22)20-10-4-3-5-11(6-10)23-7-14(15,16)17/h3-6,8H,7H2,1-2H3,(H2,18,20,22)/t8-/m1/s1. The van der Waals surface area contributed by atoms with Gasteiger partial charge in [0.2, 0.25) is 5.89 Å². The van der Waals surface area contributed by atoms with E-state index in [1.807, 2.05) is 0 Å². The molecule has 0 unspecified atom stereocenters. The van der Waals surface area contributed by atoms with Gasteiger partial charge < -0.3 is 19.9 Å². The first kappa shape index (κ1) is 17.6. The van der Waals surface area contributed by atoms with E-state index < -0.39 is 24.9 Å². The average Bonchev–Trinajstić information content (AvgIpc) is 2.91. The molecule has 0 bridgehead atoms. The van der Waals surface area contributed by atoms with Crippen molar-refractivity contribution in [1.82, 2.24) is 15.5 Å². The molecule has 2 N–H and O–H groups in total. The Morgan fingerprint density at radius 3 is 2.79 bits per heavy atom. The lowest BCUT2D eigenvalue weighted by atomic mass is 10.3. The minimum absolute atomic E-state index is 0.00861. The van der Waals surface area contributed by atoms with E-state index in [0.29, 0.717) is 5.82 Å². The normalized spacial score (nSPS) is 12.5. The van der Waals surface area contributed by atoms with Crippen molar-refractivity contribution in [1.29, 1.82) is 0 Å². The topological polar surface area (TPSA) is 89.3 Å². The van der Waals surface area contributed by atoms with Gasteiger partial charge in [-0.05, 0) is 26.0 Å². The smallest absolute Gasteiger partial charge is 0.422 e. The number of rotatable bonds is 5. The zero-order valence-electron chi connectivity index (χ0n) is 12.8. The number of aryl methyl sites for hydroxylation is 1. The SMILES string of the molecule is Cc1noc([C@@H](C)NC(=O)Nc2cccc(OCC(F)(F)F)c2)n1. The van der Waals surface area contributed by atoms with Gasteiger partial charge in [-0.15, -0.1) is 0 Å². The van der Waals surface area contributed by atoms with Crippen LogP contribution in [0.1, 0.15) is 24.7 Å². The molecule has 0 aliphatic heterocycles. The molecular weight excluding hydrogens is 329 g/mol. The zero-order chi connectivity index (χ0) is 17.7. The van der Waals surface area contributed by atoms with Crippen LogP contribution in [-0.4, -0.2) is 29.0 Å². The van der Waals surface area contributed by atoms with Crippen molar-refractivity contribution in [2.75, 3.05) is 11.9 Å². The number of hydrogen-bond donors (Lipinski definition) is 2. The van der Waals surface area contributed by atoms with Gasteiger partial charge in [0.05, 0.1) is 0 Å². The Morgan fingerprint density at radius 1 is 1.42 bits per heavy atom. The Kier molecular flexibility index (Phi) is 5.27. The van der Waals surface area contributed by atoms with Gasteiger partial charge in [0.25, 0.3) is 0 Å². The van der Waals surface area contributed by atoms with Crippen LogP contribution in [0.5, 0.6) is 5.75 Å². The molecule has 0 aliphatic carbocycles. The number of aromatic nitrogens is 2. The molecule has 1 aromatic heterocycles. The molecule has 0 fully saturated rings. The summed E-state index contributed by atoms with van der Waals surface area (Å²) in [6.45, 7) is 1.89. The summed E-state index contributed by atoms with van der Waals surface area (Å²) in [5.41, 5.74) is 0.279. The first-order chi connectivity index (χ1) is 11.2. The van der Waals surface area contributed by atoms with Gasteiger partial charge in [-0.3, -0.25) is 0 Å². The number of carbonyl (C=O) groups excluding carboxylic acids is 1. The first-order valence-electron chi connectivity index (χ1n) is 6.90. The third kappa shape index (κ3) is 5.45. The summed E-state index contributed by atoms with van der Waals surface area (Å²) < 4.78 is 45.9. The second-order valence-corrected chi connectivity index (χ2v) is 4.93. The number of nitrogens with zero attached hydrogens (tertiary/aromatic N) is 2. The summed E-state index contributed by atoms with van der Waals surface area (Å²) in [5, 5.41) is 8.67. The number of halogens is 3. The predicted molar refractivity (Wildman–Crippen MR) is 77.6 cm³/mol. The Balaban J connectivity index is 1.91. The van der Waals surface area contributed by atoms with Crippen molar-refractivity contribution >= 4 is 11.7 Å². The van der Waals surface area contributed by atoms with Crippen LogP contribution in [-0.2, 0) is 0 Å². The molecular formula is C14H15F3N4O3. The van der Waals surface area contributed by atoms with Crippen LogP contribution in [0.15, 0.2) is 28.8 Å². The van der Waals surface area contributed by atoms with E-state index in [4.69, 9.17) is 4.52 Å². The lowest BCUT2D eigenvalue weighted by Gasteiger charge is -2.13. The molecule has 130 valence electrons. The Bertz CT molecular complexity index is 703. The molecule has 7 nitrogen and oxygen atoms in total. The monoisotopic (exact) mass is 344 g/mol. The third-order valence-corrected chi connectivity index (χ3v) is 2.76. The molecule has 24 heavy (non-hydrogen) atoms. The van der Waals surface area contributed by atoms with Crippen LogP contribution in [0.4, 0.5) is 23.7 Å². The van der Waals surface area contributed by atoms with Crippen LogP contribution in [0.3, 0.4) is 0 Å². The fourth-order valence-corrected chi connectivity index (χ4v) is 1.74. The first-order valence-corrected chi connectivity index (χ1v) is 6.90. The Labute approximate surface area is 135 Å². The second kappa shape index (κ2) is 7.20. The zero-order valence-corrected chi connectivity index (χ0v) is 12.8. The maximum Gasteiger partial charge on any atom is 0.422 e. The number of ether oxygens (including phenoxy) is 1. The van der Waals surface area contributed by atoms with Crippen LogP contribution < -0.4 is 15.4 Å². The van der Waals surface area contributed by atoms with Crippen LogP contribution in [0, 0.1) is 6.92 Å². The van der Waals surface area contributed by atoms with E-state index in [-0.39, 0.29) is 17.3 Å². The van der Waals surface area contributed by atoms with Gasteiger partial charge in [0.1, 0.15) is 11.8 Å². The fraction of sp³-hybridized carbons (Fsp3) is 0.357. The van der Waals surface area contributed by atoms with E-state index in [1.165, 1.54) is 24.3 Å². The minimum Gasteiger partial charge on any atom is -0.484 e. The number of benzene rings is 1. The van der Waals surface area contributed by atoms with Crippen molar-refractivity contribution in [2.24, 2.45) is 0 Å². The molecule has 0 aliphatic rings. The number of urea groups is 1. The van der Waals surface area contributed by atoms with Gasteiger partial charge in [-0.25, -0.2) is 4.79 Å². The largest absolute Gasteiger partial charge is 0.484 e. The highest BCUT2D eigenvalue weighted by Gasteiger charge is 2.28. The maximum absolute atomic E-state index is 12.1. The van der Waals surface area contributed by atoms with Gasteiger partial charge in [-0.1, -0.05) is 11.2 Å². The maximum atomic E-state index is 12.1. The molecule has 2 rings (SSSR count). The van der Waals surface area contributed by atoms with Crippen molar-refractivity contribution in [3.63, 3.8) is 0 Å². The lowest BCUT2D eigenvalue weighted by Crippen LogP contribution is -2.31.